The second-order valence-corrected chi connectivity index (χ2v) is 8.88. The van der Waals surface area contributed by atoms with Crippen LogP contribution in [0.15, 0.2) is 96.3 Å². The van der Waals surface area contributed by atoms with Crippen LogP contribution in [0, 0.1) is 17.0 Å². The van der Waals surface area contributed by atoms with E-state index in [2.05, 4.69) is 21.0 Å². The number of nitro benzene ring substituents is 1. The van der Waals surface area contributed by atoms with Crippen LogP contribution in [-0.2, 0) is 4.79 Å². The molecule has 0 bridgehead atoms. The lowest BCUT2D eigenvalue weighted by Crippen LogP contribution is -2.32. The van der Waals surface area contributed by atoms with Gasteiger partial charge < -0.3 is 16.0 Å². The number of nitrogens with one attached hydrogen (secondary N) is 3. The molecule has 1 aliphatic rings. The van der Waals surface area contributed by atoms with Crippen molar-refractivity contribution in [3.63, 3.8) is 0 Å². The zero-order valence-electron chi connectivity index (χ0n) is 20.6. The highest BCUT2D eigenvalue weighted by Gasteiger charge is 2.38. The van der Waals surface area contributed by atoms with Gasteiger partial charge in [-0.2, -0.15) is 5.10 Å². The van der Waals surface area contributed by atoms with E-state index in [4.69, 9.17) is 0 Å². The van der Waals surface area contributed by atoms with Crippen molar-refractivity contribution in [3.8, 4) is 0 Å². The number of amides is 2. The molecule has 0 fully saturated rings. The van der Waals surface area contributed by atoms with Crippen LogP contribution in [0.1, 0.15) is 34.5 Å². The number of para-hydroxylation sites is 2. The van der Waals surface area contributed by atoms with E-state index < -0.39 is 22.8 Å². The molecule has 3 N–H and O–H groups in total. The van der Waals surface area contributed by atoms with Crippen LogP contribution in [0.25, 0.3) is 0 Å². The summed E-state index contributed by atoms with van der Waals surface area (Å²) < 4.78 is 1.44. The number of benzene rings is 3. The lowest BCUT2D eigenvalue weighted by molar-refractivity contribution is -0.385. The Hall–Kier alpha value is -5.25. The summed E-state index contributed by atoms with van der Waals surface area (Å²) in [5.41, 5.74) is 3.21. The summed E-state index contributed by atoms with van der Waals surface area (Å²) in [5.74, 6) is -0.529. The Kier molecular flexibility index (Phi) is 6.44. The average molecular weight is 509 g/mol. The molecule has 5 rings (SSSR count). The molecule has 3 aromatic carbocycles. The summed E-state index contributed by atoms with van der Waals surface area (Å²) in [7, 11) is 0. The summed E-state index contributed by atoms with van der Waals surface area (Å²) in [6.07, 6.45) is 1.39. The number of rotatable bonds is 6. The van der Waals surface area contributed by atoms with Gasteiger partial charge in [0.15, 0.2) is 0 Å². The van der Waals surface area contributed by atoms with Gasteiger partial charge in [-0.3, -0.25) is 19.7 Å². The Morgan fingerprint density at radius 3 is 2.34 bits per heavy atom. The first-order chi connectivity index (χ1) is 18.3. The number of nitro groups is 1. The van der Waals surface area contributed by atoms with Crippen LogP contribution in [-0.4, -0.2) is 26.5 Å². The fourth-order valence-corrected chi connectivity index (χ4v) is 4.53. The van der Waals surface area contributed by atoms with Crippen molar-refractivity contribution in [2.24, 2.45) is 0 Å². The smallest absolute Gasteiger partial charge is 0.275 e. The summed E-state index contributed by atoms with van der Waals surface area (Å²) in [4.78, 5) is 38.3. The third-order valence-electron chi connectivity index (χ3n) is 6.25. The van der Waals surface area contributed by atoms with Crippen LogP contribution >= 0.6 is 0 Å². The van der Waals surface area contributed by atoms with Gasteiger partial charge in [0.2, 0.25) is 0 Å². The van der Waals surface area contributed by atoms with E-state index in [1.165, 1.54) is 16.9 Å². The molecule has 0 saturated carbocycles. The summed E-state index contributed by atoms with van der Waals surface area (Å²) in [6.45, 7) is 3.62. The molecule has 4 aromatic rings. The Balaban J connectivity index is 1.60. The molecular formula is C28H24N6O4. The Morgan fingerprint density at radius 2 is 1.61 bits per heavy atom. The van der Waals surface area contributed by atoms with Gasteiger partial charge in [0.05, 0.1) is 22.3 Å². The second kappa shape index (κ2) is 10.0. The van der Waals surface area contributed by atoms with E-state index in [1.807, 2.05) is 31.2 Å². The molecule has 1 aromatic heterocycles. The maximum Gasteiger partial charge on any atom is 0.275 e. The van der Waals surface area contributed by atoms with E-state index in [9.17, 15) is 19.7 Å². The van der Waals surface area contributed by atoms with Gasteiger partial charge in [0, 0.05) is 23.1 Å². The van der Waals surface area contributed by atoms with E-state index in [0.717, 1.165) is 5.56 Å². The van der Waals surface area contributed by atoms with Crippen LogP contribution in [0.5, 0.6) is 0 Å². The number of hydrogen-bond acceptors (Lipinski definition) is 6. The van der Waals surface area contributed by atoms with Crippen LogP contribution in [0.4, 0.5) is 22.9 Å². The molecule has 0 spiro atoms. The van der Waals surface area contributed by atoms with E-state index in [1.54, 1.807) is 55.5 Å². The predicted octanol–water partition coefficient (Wildman–Crippen LogP) is 5.28. The summed E-state index contributed by atoms with van der Waals surface area (Å²) in [6, 6.07) is 21.5. The maximum atomic E-state index is 13.6. The predicted molar refractivity (Wildman–Crippen MR) is 144 cm³/mol. The highest BCUT2D eigenvalue weighted by Crippen LogP contribution is 2.41. The van der Waals surface area contributed by atoms with Gasteiger partial charge in [-0.25, -0.2) is 4.68 Å². The Bertz CT molecular complexity index is 1590. The monoisotopic (exact) mass is 508 g/mol. The lowest BCUT2D eigenvalue weighted by atomic mass is 9.93. The first-order valence-corrected chi connectivity index (χ1v) is 11.9. The number of carbonyl (C=O) groups excluding carboxylic acids is 2. The lowest BCUT2D eigenvalue weighted by Gasteiger charge is -2.30. The molecule has 190 valence electrons. The number of nitrogens with zero attached hydrogens (tertiary/aromatic N) is 3. The molecule has 2 heterocycles. The number of hydrogen-bond donors (Lipinski definition) is 3. The standard InChI is InChI=1S/C28H24N6O4/c1-17-9-8-12-20(15-17)32-27(35)22-16-29-33-25(21-13-6-7-14-23(21)34(37)38)24(18(2)30-26(22)33)28(36)31-19-10-4-3-5-11-19/h3-16,25,30H,1-2H3,(H,31,36)(H,32,35). The molecule has 0 saturated heterocycles. The van der Waals surface area contributed by atoms with Gasteiger partial charge in [0.25, 0.3) is 17.5 Å². The number of anilines is 3. The summed E-state index contributed by atoms with van der Waals surface area (Å²) in [5, 5.41) is 25.2. The normalized spacial score (nSPS) is 14.3. The second-order valence-electron chi connectivity index (χ2n) is 8.88. The van der Waals surface area contributed by atoms with Crippen molar-refractivity contribution in [2.75, 3.05) is 16.0 Å². The number of aromatic nitrogens is 2. The minimum atomic E-state index is -0.961. The first-order valence-electron chi connectivity index (χ1n) is 11.9. The average Bonchev–Trinajstić information content (AvgIpc) is 3.32. The molecule has 1 aliphatic heterocycles. The molecule has 38 heavy (non-hydrogen) atoms. The number of allylic oxidation sites excluding steroid dienone is 1. The molecule has 0 radical (unpaired) electrons. The molecule has 2 amide bonds. The third kappa shape index (κ3) is 4.62. The van der Waals surface area contributed by atoms with Crippen molar-refractivity contribution in [1.82, 2.24) is 9.78 Å². The van der Waals surface area contributed by atoms with E-state index >= 15 is 0 Å². The van der Waals surface area contributed by atoms with E-state index in [-0.39, 0.29) is 22.4 Å². The largest absolute Gasteiger partial charge is 0.343 e. The number of aryl methyl sites for hydroxylation is 1. The highest BCUT2D eigenvalue weighted by atomic mass is 16.6. The SMILES string of the molecule is CC1=C(C(=O)Nc2ccccc2)C(c2ccccc2[N+](=O)[O-])n2ncc(C(=O)Nc3cccc(C)c3)c2N1. The highest BCUT2D eigenvalue weighted by molar-refractivity contribution is 6.09. The van der Waals surface area contributed by atoms with Crippen molar-refractivity contribution in [3.05, 3.63) is 123 Å². The number of fused-ring (bicyclic) bond motifs is 1. The fourth-order valence-electron chi connectivity index (χ4n) is 4.53. The molecule has 0 aliphatic carbocycles. The van der Waals surface area contributed by atoms with Gasteiger partial charge in [-0.1, -0.05) is 42.5 Å². The van der Waals surface area contributed by atoms with Gasteiger partial charge >= 0.3 is 0 Å². The van der Waals surface area contributed by atoms with E-state index in [0.29, 0.717) is 22.9 Å². The molecule has 10 heteroatoms. The minimum Gasteiger partial charge on any atom is -0.343 e. The molecule has 1 unspecified atom stereocenters. The van der Waals surface area contributed by atoms with Crippen molar-refractivity contribution in [2.45, 2.75) is 19.9 Å². The van der Waals surface area contributed by atoms with Crippen LogP contribution in [0.2, 0.25) is 0 Å². The molecule has 10 nitrogen and oxygen atoms in total. The molecular weight excluding hydrogens is 484 g/mol. The Labute approximate surface area is 218 Å². The fraction of sp³-hybridized carbons (Fsp3) is 0.107. The topological polar surface area (TPSA) is 131 Å². The zero-order valence-corrected chi connectivity index (χ0v) is 20.6. The van der Waals surface area contributed by atoms with Gasteiger partial charge in [-0.05, 0) is 49.7 Å². The molecule has 1 atom stereocenters. The minimum absolute atomic E-state index is 0.163. The van der Waals surface area contributed by atoms with Crippen LogP contribution in [0.3, 0.4) is 0 Å². The van der Waals surface area contributed by atoms with Crippen molar-refractivity contribution in [1.29, 1.82) is 0 Å². The number of carbonyl (C=O) groups is 2. The summed E-state index contributed by atoms with van der Waals surface area (Å²) >= 11 is 0. The third-order valence-corrected chi connectivity index (χ3v) is 6.25. The van der Waals surface area contributed by atoms with Crippen molar-refractivity contribution < 1.29 is 14.5 Å². The quantitative estimate of drug-likeness (QED) is 0.240. The first kappa shape index (κ1) is 24.4. The van der Waals surface area contributed by atoms with Crippen LogP contribution < -0.4 is 16.0 Å². The van der Waals surface area contributed by atoms with Gasteiger partial charge in [-0.15, -0.1) is 0 Å². The van der Waals surface area contributed by atoms with Gasteiger partial charge in [0.1, 0.15) is 17.4 Å². The Morgan fingerprint density at radius 1 is 0.921 bits per heavy atom. The van der Waals surface area contributed by atoms with Crippen molar-refractivity contribution >= 4 is 34.7 Å². The zero-order chi connectivity index (χ0) is 26.8. The maximum absolute atomic E-state index is 13.6.